The molecule has 1 saturated carbocycles. The Labute approximate surface area is 180 Å². The van der Waals surface area contributed by atoms with Crippen LogP contribution in [0, 0.1) is 0 Å². The van der Waals surface area contributed by atoms with Crippen LogP contribution in [0.3, 0.4) is 0 Å². The molecule has 172 valence electrons. The van der Waals surface area contributed by atoms with E-state index in [2.05, 4.69) is 36.4 Å². The first-order valence-electron chi connectivity index (χ1n) is 10.3. The van der Waals surface area contributed by atoms with Gasteiger partial charge in [-0.25, -0.2) is 4.99 Å². The lowest BCUT2D eigenvalue weighted by Crippen LogP contribution is -2.46. The third-order valence-corrected chi connectivity index (χ3v) is 5.03. The van der Waals surface area contributed by atoms with Gasteiger partial charge in [-0.05, 0) is 64.2 Å². The van der Waals surface area contributed by atoms with Crippen LogP contribution in [0.5, 0.6) is 0 Å². The second-order valence-electron chi connectivity index (χ2n) is 8.86. The third kappa shape index (κ3) is 7.99. The average Bonchev–Trinajstić information content (AvgIpc) is 2.68. The van der Waals surface area contributed by atoms with Gasteiger partial charge in [0.15, 0.2) is 12.4 Å². The maximum absolute atomic E-state index is 12.6. The number of carbonyl (C=O) groups is 1. The van der Waals surface area contributed by atoms with Crippen molar-refractivity contribution >= 4 is 17.8 Å². The number of nitrogens with one attached hydrogen (secondary N) is 2. The summed E-state index contributed by atoms with van der Waals surface area (Å²) in [6.45, 7) is 6.43. The summed E-state index contributed by atoms with van der Waals surface area (Å²) >= 11 is 0. The zero-order valence-corrected chi connectivity index (χ0v) is 18.0. The van der Waals surface area contributed by atoms with Crippen molar-refractivity contribution in [2.75, 3.05) is 0 Å². The molecule has 1 aromatic rings. The fourth-order valence-electron chi connectivity index (χ4n) is 3.52. The van der Waals surface area contributed by atoms with E-state index < -0.39 is 12.3 Å². The zero-order chi connectivity index (χ0) is 23.2. The predicted octanol–water partition coefficient (Wildman–Crippen LogP) is 3.64. The number of aliphatic hydroxyl groups excluding tert-OH is 1. The van der Waals surface area contributed by atoms with Crippen LogP contribution in [0.2, 0.25) is 0 Å². The van der Waals surface area contributed by atoms with E-state index in [4.69, 9.17) is 5.73 Å². The molecule has 0 aromatic heterocycles. The van der Waals surface area contributed by atoms with Gasteiger partial charge in [0.2, 0.25) is 0 Å². The number of alkyl halides is 3. The molecule has 0 amide bonds. The Morgan fingerprint density at radius 3 is 2.16 bits per heavy atom. The number of carbonyl (C=O) groups excluding carboxylic acids is 1. The van der Waals surface area contributed by atoms with E-state index >= 15 is 0 Å². The summed E-state index contributed by atoms with van der Waals surface area (Å²) in [5.41, 5.74) is 6.12. The minimum absolute atomic E-state index is 0.0466. The molecule has 0 heterocycles. The molecular weight excluding hydrogens is 409 g/mol. The lowest BCUT2D eigenvalue weighted by atomic mass is 9.89. The van der Waals surface area contributed by atoms with E-state index in [0.29, 0.717) is 12.3 Å². The van der Waals surface area contributed by atoms with Gasteiger partial charge < -0.3 is 21.5 Å². The Bertz CT molecular complexity index is 790. The first-order valence-corrected chi connectivity index (χ1v) is 10.3. The third-order valence-electron chi connectivity index (χ3n) is 5.03. The summed E-state index contributed by atoms with van der Waals surface area (Å²) < 4.78 is 37.7. The van der Waals surface area contributed by atoms with E-state index in [1.807, 2.05) is 0 Å². The van der Waals surface area contributed by atoms with Crippen molar-refractivity contribution in [3.63, 3.8) is 0 Å². The van der Waals surface area contributed by atoms with Gasteiger partial charge in [-0.15, -0.1) is 0 Å². The molecular formula is C22H31F3N4O2. The first kappa shape index (κ1) is 24.9. The van der Waals surface area contributed by atoms with Gasteiger partial charge in [-0.3, -0.25) is 4.79 Å². The fourth-order valence-corrected chi connectivity index (χ4v) is 3.52. The van der Waals surface area contributed by atoms with Gasteiger partial charge in [0.25, 0.3) is 0 Å². The van der Waals surface area contributed by atoms with Crippen LogP contribution in [0.4, 0.5) is 18.9 Å². The molecule has 31 heavy (non-hydrogen) atoms. The average molecular weight is 441 g/mol. The standard InChI is InChI=1S/C22H31F3N4O2/c1-21(2,3)29-18-10-8-16(9-11-18)27-12-15(13-30)20(26)28-17-6-4-14(5-7-17)19(31)22(23,24)25/h4-7,12-13,16,18-19,27,29,31H,8-11H2,1-3H3,(H2,26,28)/b15-12-. The highest BCUT2D eigenvalue weighted by molar-refractivity contribution is 6.13. The number of nitrogens with zero attached hydrogens (tertiary/aromatic N) is 1. The molecule has 1 aromatic carbocycles. The highest BCUT2D eigenvalue weighted by Gasteiger charge is 2.39. The van der Waals surface area contributed by atoms with Gasteiger partial charge >= 0.3 is 6.18 Å². The fraction of sp³-hybridized carbons (Fsp3) is 0.545. The van der Waals surface area contributed by atoms with Crippen LogP contribution in [-0.2, 0) is 4.79 Å². The number of aliphatic hydroxyl groups is 1. The van der Waals surface area contributed by atoms with Crippen molar-refractivity contribution in [1.29, 1.82) is 0 Å². The summed E-state index contributed by atoms with van der Waals surface area (Å²) in [7, 11) is 0. The molecule has 0 radical (unpaired) electrons. The lowest BCUT2D eigenvalue weighted by Gasteiger charge is -2.34. The summed E-state index contributed by atoms with van der Waals surface area (Å²) in [6, 6.07) is 5.54. The number of nitrogens with two attached hydrogens (primary N) is 1. The topological polar surface area (TPSA) is 99.7 Å². The smallest absolute Gasteiger partial charge is 0.387 e. The SMILES string of the molecule is CC(C)(C)NC1CCC(N/C=C(/C=O)C(N)=Nc2ccc(C(O)C(F)(F)F)cc2)CC1. The van der Waals surface area contributed by atoms with Crippen LogP contribution in [-0.4, -0.2) is 41.0 Å². The summed E-state index contributed by atoms with van der Waals surface area (Å²) in [4.78, 5) is 15.5. The van der Waals surface area contributed by atoms with Crippen molar-refractivity contribution in [1.82, 2.24) is 10.6 Å². The predicted molar refractivity (Wildman–Crippen MR) is 115 cm³/mol. The van der Waals surface area contributed by atoms with Crippen LogP contribution < -0.4 is 16.4 Å². The Morgan fingerprint density at radius 1 is 1.13 bits per heavy atom. The van der Waals surface area contributed by atoms with E-state index in [1.165, 1.54) is 18.3 Å². The molecule has 2 rings (SSSR count). The van der Waals surface area contributed by atoms with Crippen molar-refractivity contribution in [2.45, 2.75) is 76.4 Å². The Balaban J connectivity index is 1.97. The van der Waals surface area contributed by atoms with Crippen molar-refractivity contribution in [3.05, 3.63) is 41.6 Å². The van der Waals surface area contributed by atoms with Crippen LogP contribution in [0.1, 0.15) is 58.1 Å². The molecule has 5 N–H and O–H groups in total. The van der Waals surface area contributed by atoms with E-state index in [-0.39, 0.29) is 34.2 Å². The van der Waals surface area contributed by atoms with Crippen molar-refractivity contribution in [2.24, 2.45) is 10.7 Å². The minimum Gasteiger partial charge on any atom is -0.387 e. The molecule has 1 atom stereocenters. The maximum Gasteiger partial charge on any atom is 0.418 e. The lowest BCUT2D eigenvalue weighted by molar-refractivity contribution is -0.206. The number of rotatable bonds is 7. The van der Waals surface area contributed by atoms with Crippen LogP contribution in [0.25, 0.3) is 0 Å². The quantitative estimate of drug-likeness (QED) is 0.225. The molecule has 6 nitrogen and oxygen atoms in total. The number of hydrogen-bond donors (Lipinski definition) is 4. The minimum atomic E-state index is -4.75. The summed E-state index contributed by atoms with van der Waals surface area (Å²) in [5.74, 6) is -0.0466. The van der Waals surface area contributed by atoms with Crippen LogP contribution >= 0.6 is 0 Å². The molecule has 9 heteroatoms. The Hall–Kier alpha value is -2.39. The van der Waals surface area contributed by atoms with Gasteiger partial charge in [0.05, 0.1) is 11.3 Å². The number of benzene rings is 1. The second kappa shape index (κ2) is 10.3. The summed E-state index contributed by atoms with van der Waals surface area (Å²) in [5, 5.41) is 16.1. The number of halogens is 3. The first-order chi connectivity index (χ1) is 14.4. The number of aliphatic imine (C=N–C) groups is 1. The van der Waals surface area contributed by atoms with E-state index in [0.717, 1.165) is 37.8 Å². The number of aldehydes is 1. The largest absolute Gasteiger partial charge is 0.418 e. The maximum atomic E-state index is 12.6. The van der Waals surface area contributed by atoms with E-state index in [1.54, 1.807) is 0 Å². The van der Waals surface area contributed by atoms with Gasteiger partial charge in [-0.2, -0.15) is 13.2 Å². The van der Waals surface area contributed by atoms with Gasteiger partial charge in [0.1, 0.15) is 5.84 Å². The molecule has 0 spiro atoms. The van der Waals surface area contributed by atoms with E-state index in [9.17, 15) is 23.1 Å². The monoisotopic (exact) mass is 440 g/mol. The molecule has 0 saturated heterocycles. The van der Waals surface area contributed by atoms with Gasteiger partial charge in [0, 0.05) is 23.8 Å². The molecule has 0 aliphatic heterocycles. The Kier molecular flexibility index (Phi) is 8.25. The molecule has 1 unspecified atom stereocenters. The summed E-state index contributed by atoms with van der Waals surface area (Å²) in [6.07, 6.45) is -1.22. The molecule has 0 bridgehead atoms. The molecule has 1 fully saturated rings. The second-order valence-corrected chi connectivity index (χ2v) is 8.86. The number of amidine groups is 1. The van der Waals surface area contributed by atoms with Gasteiger partial charge in [-0.1, -0.05) is 12.1 Å². The zero-order valence-electron chi connectivity index (χ0n) is 18.0. The highest BCUT2D eigenvalue weighted by Crippen LogP contribution is 2.33. The van der Waals surface area contributed by atoms with Crippen LogP contribution in [0.15, 0.2) is 41.0 Å². The van der Waals surface area contributed by atoms with Crippen molar-refractivity contribution in [3.8, 4) is 0 Å². The molecule has 1 aliphatic rings. The number of hydrogen-bond acceptors (Lipinski definition) is 5. The molecule has 1 aliphatic carbocycles. The normalized spacial score (nSPS) is 22.2. The Morgan fingerprint density at radius 2 is 1.68 bits per heavy atom. The van der Waals surface area contributed by atoms with Crippen molar-refractivity contribution < 1.29 is 23.1 Å². The highest BCUT2D eigenvalue weighted by atomic mass is 19.4.